The van der Waals surface area contributed by atoms with Crippen molar-refractivity contribution < 1.29 is 9.59 Å². The largest absolute Gasteiger partial charge is 0.335 e. The Labute approximate surface area is 183 Å². The first kappa shape index (κ1) is 22.4. The molecule has 6 nitrogen and oxygen atoms in total. The van der Waals surface area contributed by atoms with E-state index in [1.165, 1.54) is 11.3 Å². The van der Waals surface area contributed by atoms with Crippen LogP contribution >= 0.6 is 11.3 Å². The highest BCUT2D eigenvalue weighted by atomic mass is 32.1. The highest BCUT2D eigenvalue weighted by Gasteiger charge is 2.28. The zero-order chi connectivity index (χ0) is 22.1. The molecule has 1 aromatic heterocycles. The van der Waals surface area contributed by atoms with Gasteiger partial charge in [-0.25, -0.2) is 4.98 Å². The van der Waals surface area contributed by atoms with Crippen molar-refractivity contribution in [2.45, 2.75) is 47.0 Å². The van der Waals surface area contributed by atoms with Crippen molar-refractivity contribution in [1.29, 1.82) is 0 Å². The Morgan fingerprint density at radius 3 is 2.20 bits per heavy atom. The molecule has 2 aromatic rings. The highest BCUT2D eigenvalue weighted by Crippen LogP contribution is 2.30. The van der Waals surface area contributed by atoms with Crippen molar-refractivity contribution in [2.75, 3.05) is 38.0 Å². The van der Waals surface area contributed by atoms with Crippen LogP contribution in [-0.4, -0.2) is 59.3 Å². The molecule has 2 heterocycles. The van der Waals surface area contributed by atoms with Gasteiger partial charge in [-0.3, -0.25) is 14.5 Å². The Kier molecular flexibility index (Phi) is 6.62. The van der Waals surface area contributed by atoms with Crippen LogP contribution in [0.3, 0.4) is 0 Å². The summed E-state index contributed by atoms with van der Waals surface area (Å²) in [5.41, 5.74) is 3.77. The Hall–Kier alpha value is -2.25. The first-order valence-corrected chi connectivity index (χ1v) is 11.2. The van der Waals surface area contributed by atoms with Crippen LogP contribution in [-0.2, 0) is 10.2 Å². The van der Waals surface area contributed by atoms with E-state index in [9.17, 15) is 9.59 Å². The number of carbonyl (C=O) groups excluding carboxylic acids is 2. The number of benzene rings is 1. The van der Waals surface area contributed by atoms with Gasteiger partial charge in [-0.2, -0.15) is 0 Å². The van der Waals surface area contributed by atoms with Gasteiger partial charge in [-0.1, -0.05) is 39.0 Å². The number of aromatic nitrogens is 1. The molecule has 0 radical (unpaired) electrons. The van der Waals surface area contributed by atoms with Crippen LogP contribution in [0, 0.1) is 20.8 Å². The Morgan fingerprint density at radius 1 is 1.07 bits per heavy atom. The molecule has 1 aliphatic heterocycles. The third-order valence-corrected chi connectivity index (χ3v) is 6.98. The molecule has 0 atom stereocenters. The summed E-state index contributed by atoms with van der Waals surface area (Å²) in [6, 6.07) is 5.99. The monoisotopic (exact) mass is 428 g/mol. The van der Waals surface area contributed by atoms with Gasteiger partial charge in [0.05, 0.1) is 17.2 Å². The number of hydrogen-bond acceptors (Lipinski definition) is 5. The SMILES string of the molecule is Cc1cccc(C)c1NC(=O)CN1CCN(C(=O)c2sc(C(C)(C)C)nc2C)CC1. The number of amides is 2. The number of aryl methyl sites for hydroxylation is 3. The zero-order valence-electron chi connectivity index (χ0n) is 18.8. The number of anilines is 1. The van der Waals surface area contributed by atoms with Crippen molar-refractivity contribution in [2.24, 2.45) is 0 Å². The lowest BCUT2D eigenvalue weighted by Gasteiger charge is -2.34. The second kappa shape index (κ2) is 8.86. The predicted molar refractivity (Wildman–Crippen MR) is 122 cm³/mol. The quantitative estimate of drug-likeness (QED) is 0.805. The Balaban J connectivity index is 1.55. The highest BCUT2D eigenvalue weighted by molar-refractivity contribution is 7.14. The van der Waals surface area contributed by atoms with Gasteiger partial charge in [0.1, 0.15) is 4.88 Å². The number of hydrogen-bond donors (Lipinski definition) is 1. The molecule has 0 bridgehead atoms. The molecule has 0 unspecified atom stereocenters. The molecule has 1 aliphatic rings. The van der Waals surface area contributed by atoms with Gasteiger partial charge in [0.25, 0.3) is 5.91 Å². The van der Waals surface area contributed by atoms with Crippen LogP contribution in [0.25, 0.3) is 0 Å². The van der Waals surface area contributed by atoms with E-state index < -0.39 is 0 Å². The molecular formula is C23H32N4O2S. The summed E-state index contributed by atoms with van der Waals surface area (Å²) in [5.74, 6) is 0.0421. The van der Waals surface area contributed by atoms with Gasteiger partial charge in [-0.15, -0.1) is 11.3 Å². The standard InChI is InChI=1S/C23H32N4O2S/c1-15-8-7-9-16(2)19(15)25-18(28)14-26-10-12-27(13-11-26)21(29)20-17(3)24-22(30-20)23(4,5)6/h7-9H,10-14H2,1-6H3,(H,25,28). The van der Waals surface area contributed by atoms with Crippen molar-refractivity contribution in [1.82, 2.24) is 14.8 Å². The maximum absolute atomic E-state index is 13.0. The average molecular weight is 429 g/mol. The van der Waals surface area contributed by atoms with E-state index in [1.54, 1.807) is 0 Å². The summed E-state index contributed by atoms with van der Waals surface area (Å²) in [6.45, 7) is 15.2. The van der Waals surface area contributed by atoms with E-state index >= 15 is 0 Å². The summed E-state index contributed by atoms with van der Waals surface area (Å²) in [5, 5.41) is 4.03. The summed E-state index contributed by atoms with van der Waals surface area (Å²) in [4.78, 5) is 34.9. The topological polar surface area (TPSA) is 65.5 Å². The maximum Gasteiger partial charge on any atom is 0.265 e. The van der Waals surface area contributed by atoms with Crippen LogP contribution < -0.4 is 5.32 Å². The molecule has 1 aromatic carbocycles. The van der Waals surface area contributed by atoms with Gasteiger partial charge in [0.2, 0.25) is 5.91 Å². The minimum atomic E-state index is -0.0600. The number of nitrogens with zero attached hydrogens (tertiary/aromatic N) is 3. The van der Waals surface area contributed by atoms with Crippen molar-refractivity contribution in [3.8, 4) is 0 Å². The van der Waals surface area contributed by atoms with E-state index in [1.807, 2.05) is 43.9 Å². The molecule has 3 rings (SSSR count). The van der Waals surface area contributed by atoms with Crippen LogP contribution in [0.5, 0.6) is 0 Å². The third kappa shape index (κ3) is 5.08. The lowest BCUT2D eigenvalue weighted by Crippen LogP contribution is -2.50. The first-order chi connectivity index (χ1) is 14.1. The molecule has 1 N–H and O–H groups in total. The number of piperazine rings is 1. The summed E-state index contributed by atoms with van der Waals surface area (Å²) in [6.07, 6.45) is 0. The maximum atomic E-state index is 13.0. The van der Waals surface area contributed by atoms with Crippen molar-refractivity contribution in [3.05, 3.63) is 44.9 Å². The van der Waals surface area contributed by atoms with Gasteiger partial charge >= 0.3 is 0 Å². The van der Waals surface area contributed by atoms with Gasteiger partial charge in [0.15, 0.2) is 0 Å². The molecule has 1 saturated heterocycles. The zero-order valence-corrected chi connectivity index (χ0v) is 19.7. The van der Waals surface area contributed by atoms with Crippen LogP contribution in [0.1, 0.15) is 52.3 Å². The van der Waals surface area contributed by atoms with Gasteiger partial charge in [-0.05, 0) is 31.9 Å². The second-order valence-corrected chi connectivity index (χ2v) is 10.1. The summed E-state index contributed by atoms with van der Waals surface area (Å²) in [7, 11) is 0. The van der Waals surface area contributed by atoms with Gasteiger partial charge < -0.3 is 10.2 Å². The third-order valence-electron chi connectivity index (χ3n) is 5.40. The van der Waals surface area contributed by atoms with E-state index in [-0.39, 0.29) is 17.2 Å². The molecule has 0 spiro atoms. The van der Waals surface area contributed by atoms with Gasteiger partial charge in [0, 0.05) is 37.3 Å². The van der Waals surface area contributed by atoms with E-state index in [0.717, 1.165) is 32.4 Å². The van der Waals surface area contributed by atoms with Crippen LogP contribution in [0.15, 0.2) is 18.2 Å². The second-order valence-electron chi connectivity index (χ2n) is 9.07. The fourth-order valence-electron chi connectivity index (χ4n) is 3.56. The molecule has 162 valence electrons. The van der Waals surface area contributed by atoms with Crippen molar-refractivity contribution >= 4 is 28.8 Å². The summed E-state index contributed by atoms with van der Waals surface area (Å²) >= 11 is 1.50. The Bertz CT molecular complexity index is 917. The molecule has 7 heteroatoms. The first-order valence-electron chi connectivity index (χ1n) is 10.4. The molecule has 1 fully saturated rings. The minimum Gasteiger partial charge on any atom is -0.335 e. The van der Waals surface area contributed by atoms with E-state index in [0.29, 0.717) is 32.7 Å². The number of thiazole rings is 1. The number of para-hydroxylation sites is 1. The fourth-order valence-corrected chi connectivity index (χ4v) is 4.65. The molecule has 2 amide bonds. The number of rotatable bonds is 4. The molecule has 0 saturated carbocycles. The Morgan fingerprint density at radius 2 is 1.67 bits per heavy atom. The lowest BCUT2D eigenvalue weighted by molar-refractivity contribution is -0.117. The molecule has 0 aliphatic carbocycles. The van der Waals surface area contributed by atoms with E-state index in [2.05, 4.69) is 36.0 Å². The van der Waals surface area contributed by atoms with Crippen LogP contribution in [0.2, 0.25) is 0 Å². The lowest BCUT2D eigenvalue weighted by atomic mass is 9.98. The summed E-state index contributed by atoms with van der Waals surface area (Å²) < 4.78 is 0. The number of carbonyl (C=O) groups is 2. The average Bonchev–Trinajstić information content (AvgIpc) is 3.07. The normalized spacial score (nSPS) is 15.3. The fraction of sp³-hybridized carbons (Fsp3) is 0.522. The van der Waals surface area contributed by atoms with Crippen LogP contribution in [0.4, 0.5) is 5.69 Å². The van der Waals surface area contributed by atoms with Crippen molar-refractivity contribution in [3.63, 3.8) is 0 Å². The smallest absolute Gasteiger partial charge is 0.265 e. The predicted octanol–water partition coefficient (Wildman–Crippen LogP) is 3.76. The van der Waals surface area contributed by atoms with E-state index in [4.69, 9.17) is 0 Å². The molecule has 30 heavy (non-hydrogen) atoms. The molecular weight excluding hydrogens is 396 g/mol. The minimum absolute atomic E-state index is 0.0136. The number of nitrogens with one attached hydrogen (secondary N) is 1.